The molecule has 0 spiro atoms. The maximum Gasteiger partial charge on any atom is 0.305 e. The van der Waals surface area contributed by atoms with Crippen LogP contribution in [-0.2, 0) is 94.3 Å². The topological polar surface area (TPSA) is 573 Å². The standard InChI is InChI=1S/C80H125N19O19S2/c1-17-44(14)63(81)77(115)85-45(15)66(104)87-53(27-40(6)7)72(110)98-75(113)60-36-120-119-35-59(95-79(117)65(43(12)13)97-71(109)56(31-62(102)103)90-67(105)51(25-38(2)3)86-46(16)101)74(112)88-52(26-39(4)5)68(106)89-54(29-47-32-83-50-22-19-18-21-49(47)50)70(108)96-64(42(10)11)78(116)93-58(34-100)73(111)92-57(28-41(8)9)80(118)99-24-20-23-61(99)76(114)91-55(69(107)94-60)30-48-33-82-37-84-48/h18-19,21-22,32-33,37-45,51-61,63-65,83,100H,17,20,23-31,34-36,81H2,1-16H3,(H,82,84)(H,85,115)(H,86,101)(H,87,104)(H,88,112)(H,89,106)(H,90,105)(H,91,114)(H,92,111)(H,93,116)(H,94,107)(H,95,117)(H,96,108)(H,97,109)(H,102,103)(H,98,110,113)/t44-,45-,51-,52-,53-,54-,55-,56-,57-,58-,59-,60-,61-,63-,64-,65-/m0/s1. The summed E-state index contributed by atoms with van der Waals surface area (Å²) in [6, 6.07) is -15.5. The predicted molar refractivity (Wildman–Crippen MR) is 448 cm³/mol. The summed E-state index contributed by atoms with van der Waals surface area (Å²) in [5, 5.41) is 57.8. The van der Waals surface area contributed by atoms with Crippen LogP contribution in [-0.4, -0.2) is 246 Å². The number of carboxylic acids is 1. The summed E-state index contributed by atoms with van der Waals surface area (Å²) >= 11 is 0. The number of nitrogens with one attached hydrogen (secondary N) is 16. The first-order valence-electron chi connectivity index (χ1n) is 40.8. The number of aliphatic carboxylic acids is 1. The highest BCUT2D eigenvalue weighted by Gasteiger charge is 2.43. The van der Waals surface area contributed by atoms with Gasteiger partial charge in [0.05, 0.1) is 25.4 Å². The Hall–Kier alpha value is -10.2. The van der Waals surface area contributed by atoms with E-state index in [0.29, 0.717) is 22.9 Å². The van der Waals surface area contributed by atoms with E-state index in [1.807, 2.05) is 6.92 Å². The van der Waals surface area contributed by atoms with Gasteiger partial charge in [-0.2, -0.15) is 0 Å². The zero-order valence-electron chi connectivity index (χ0n) is 71.3. The first kappa shape index (κ1) is 100. The van der Waals surface area contributed by atoms with E-state index in [4.69, 9.17) is 5.73 Å². The van der Waals surface area contributed by atoms with Gasteiger partial charge in [0.2, 0.25) is 94.5 Å². The number of imide groups is 1. The third-order valence-electron chi connectivity index (χ3n) is 20.3. The molecule has 120 heavy (non-hydrogen) atoms. The average molecular weight is 1720 g/mol. The van der Waals surface area contributed by atoms with Crippen molar-refractivity contribution in [1.29, 1.82) is 0 Å². The Kier molecular flexibility index (Phi) is 40.4. The Labute approximate surface area is 707 Å². The van der Waals surface area contributed by atoms with Crippen molar-refractivity contribution in [2.24, 2.45) is 47.2 Å². The van der Waals surface area contributed by atoms with Gasteiger partial charge >= 0.3 is 5.97 Å². The molecule has 4 heterocycles. The summed E-state index contributed by atoms with van der Waals surface area (Å²) in [6.45, 7) is 25.2. The third kappa shape index (κ3) is 31.4. The van der Waals surface area contributed by atoms with Gasteiger partial charge < -0.3 is 99.9 Å². The minimum absolute atomic E-state index is 0.0155. The van der Waals surface area contributed by atoms with Gasteiger partial charge in [-0.3, -0.25) is 86.8 Å². The van der Waals surface area contributed by atoms with Crippen molar-refractivity contribution in [3.8, 4) is 0 Å². The number of para-hydroxylation sites is 1. The predicted octanol–water partition coefficient (Wildman–Crippen LogP) is -0.616. The second-order valence-corrected chi connectivity index (χ2v) is 35.7. The van der Waals surface area contributed by atoms with E-state index in [0.717, 1.165) is 28.5 Å². The Morgan fingerprint density at radius 3 is 1.73 bits per heavy atom. The highest BCUT2D eigenvalue weighted by Crippen LogP contribution is 2.27. The molecule has 2 fully saturated rings. The number of fused-ring (bicyclic) bond motifs is 2. The first-order chi connectivity index (χ1) is 56.4. The Morgan fingerprint density at radius 2 is 1.14 bits per heavy atom. The molecule has 2 aliphatic heterocycles. The second-order valence-electron chi connectivity index (χ2n) is 33.2. The fourth-order valence-corrected chi connectivity index (χ4v) is 15.8. The summed E-state index contributed by atoms with van der Waals surface area (Å²) in [6.07, 6.45) is 3.39. The largest absolute Gasteiger partial charge is 0.481 e. The molecule has 2 aromatic heterocycles. The molecule has 0 bridgehead atoms. The minimum atomic E-state index is -1.85. The number of aliphatic hydroxyl groups is 1. The quantitative estimate of drug-likeness (QED) is 0.0347. The van der Waals surface area contributed by atoms with Crippen molar-refractivity contribution in [1.82, 2.24) is 94.3 Å². The van der Waals surface area contributed by atoms with E-state index >= 15 is 28.8 Å². The maximum atomic E-state index is 15.4. The molecule has 2 aliphatic rings. The SMILES string of the molecule is CC[C@H](C)[C@H](N)C(=O)N[C@@H](C)C(=O)N[C@@H](CC(C)C)C(=O)NC(=O)[C@@H]1CSSC[C@H](NC(=O)[C@@H](NC(=O)[C@H](CC(=O)O)NC(=O)[C@H](CC(C)C)NC(C)=O)C(C)C)C(=O)N[C@@H](CC(C)C)C(=O)N[C@@H](Cc2c[nH]c3ccccc23)C(=O)N[C@@H](C(C)C)C(=O)N[C@@H](CO)C(=O)N[C@@H](CC(C)C)C(=O)N2CCC[C@H]2C(=O)N[C@@H](Cc2cnc[nH]2)C(=O)N1. The van der Waals surface area contributed by atoms with E-state index in [-0.39, 0.29) is 87.3 Å². The number of rotatable bonds is 32. The summed E-state index contributed by atoms with van der Waals surface area (Å²) < 4.78 is 0. The van der Waals surface area contributed by atoms with E-state index in [9.17, 15) is 63.0 Å². The lowest BCUT2D eigenvalue weighted by Gasteiger charge is -2.31. The van der Waals surface area contributed by atoms with Crippen molar-refractivity contribution < 1.29 is 91.7 Å². The van der Waals surface area contributed by atoms with Crippen LogP contribution in [0.15, 0.2) is 43.0 Å². The van der Waals surface area contributed by atoms with Crippen molar-refractivity contribution >= 4 is 133 Å². The Bertz CT molecular complexity index is 4060. The number of nitrogens with zero attached hydrogens (tertiary/aromatic N) is 2. The molecule has 16 amide bonds. The van der Waals surface area contributed by atoms with Gasteiger partial charge in [0.25, 0.3) is 0 Å². The molecular formula is C80H125N19O19S2. The zero-order chi connectivity index (χ0) is 89.7. The molecule has 16 atom stereocenters. The summed E-state index contributed by atoms with van der Waals surface area (Å²) in [7, 11) is 1.60. The Morgan fingerprint density at radius 1 is 0.583 bits per heavy atom. The first-order valence-corrected chi connectivity index (χ1v) is 43.3. The molecule has 0 unspecified atom stereocenters. The van der Waals surface area contributed by atoms with Crippen LogP contribution in [0.5, 0.6) is 0 Å². The number of imidazole rings is 1. The van der Waals surface area contributed by atoms with Crippen molar-refractivity contribution in [3.05, 3.63) is 54.2 Å². The number of aliphatic hydroxyl groups excluding tert-OH is 1. The molecule has 1 aromatic carbocycles. The highest BCUT2D eigenvalue weighted by atomic mass is 33.1. The molecule has 38 nitrogen and oxygen atoms in total. The number of H-pyrrole nitrogens is 2. The van der Waals surface area contributed by atoms with Crippen LogP contribution in [0, 0.1) is 41.4 Å². The van der Waals surface area contributed by atoms with Crippen LogP contribution < -0.4 is 80.2 Å². The number of carboxylic acid groups (broad SMARTS) is 1. The van der Waals surface area contributed by atoms with E-state index < -0.39 is 233 Å². The van der Waals surface area contributed by atoms with Crippen LogP contribution >= 0.6 is 21.6 Å². The molecule has 666 valence electrons. The number of aromatic nitrogens is 3. The van der Waals surface area contributed by atoms with Crippen molar-refractivity contribution in [2.75, 3.05) is 24.7 Å². The number of aromatic amines is 2. The Balaban J connectivity index is 1.70. The van der Waals surface area contributed by atoms with E-state index in [1.54, 1.807) is 107 Å². The normalized spacial score (nSPS) is 22.4. The van der Waals surface area contributed by atoms with Gasteiger partial charge in [0.15, 0.2) is 0 Å². The third-order valence-corrected chi connectivity index (χ3v) is 22.7. The van der Waals surface area contributed by atoms with Crippen LogP contribution in [0.4, 0.5) is 0 Å². The maximum absolute atomic E-state index is 15.4. The summed E-state index contributed by atoms with van der Waals surface area (Å²) in [4.78, 5) is 256. The lowest BCUT2D eigenvalue weighted by molar-refractivity contribution is -0.143. The van der Waals surface area contributed by atoms with Gasteiger partial charge in [-0.25, -0.2) is 4.98 Å². The molecular weight excluding hydrogens is 1600 g/mol. The molecule has 3 aromatic rings. The smallest absolute Gasteiger partial charge is 0.305 e. The number of carbonyl (C=O) groups is 17. The summed E-state index contributed by atoms with van der Waals surface area (Å²) in [5.41, 5.74) is 7.62. The van der Waals surface area contributed by atoms with Crippen LogP contribution in [0.25, 0.3) is 10.9 Å². The molecule has 20 N–H and O–H groups in total. The van der Waals surface area contributed by atoms with Crippen LogP contribution in [0.2, 0.25) is 0 Å². The number of hydrogen-bond donors (Lipinski definition) is 19. The second kappa shape index (κ2) is 48.3. The van der Waals surface area contributed by atoms with Gasteiger partial charge in [-0.15, -0.1) is 0 Å². The van der Waals surface area contributed by atoms with E-state index in [2.05, 4.69) is 89.4 Å². The fraction of sp³-hybridized carbons (Fsp3) is 0.650. The van der Waals surface area contributed by atoms with Crippen LogP contribution in [0.3, 0.4) is 0 Å². The van der Waals surface area contributed by atoms with Gasteiger partial charge in [0.1, 0.15) is 84.6 Å². The molecule has 40 heteroatoms. The molecule has 0 aliphatic carbocycles. The zero-order valence-corrected chi connectivity index (χ0v) is 72.9. The molecule has 0 radical (unpaired) electrons. The van der Waals surface area contributed by atoms with Crippen molar-refractivity contribution in [3.63, 3.8) is 0 Å². The number of hydrogen-bond acceptors (Lipinski definition) is 22. The van der Waals surface area contributed by atoms with Gasteiger partial charge in [-0.05, 0) is 98.5 Å². The van der Waals surface area contributed by atoms with E-state index in [1.165, 1.54) is 38.2 Å². The number of carbonyl (C=O) groups excluding carboxylic acids is 16. The molecule has 2 saturated heterocycles. The number of benzene rings is 1. The average Bonchev–Trinajstić information content (AvgIpc) is 1.64. The minimum Gasteiger partial charge on any atom is -0.481 e. The number of amides is 16. The lowest BCUT2D eigenvalue weighted by atomic mass is 9.98. The van der Waals surface area contributed by atoms with Gasteiger partial charge in [-0.1, -0.05) is 143 Å². The fourth-order valence-electron chi connectivity index (χ4n) is 13.5. The highest BCUT2D eigenvalue weighted by molar-refractivity contribution is 8.76. The monoisotopic (exact) mass is 1720 g/mol. The van der Waals surface area contributed by atoms with Crippen LogP contribution in [0.1, 0.15) is 173 Å². The van der Waals surface area contributed by atoms with Crippen molar-refractivity contribution in [2.45, 2.75) is 266 Å². The molecule has 5 rings (SSSR count). The van der Waals surface area contributed by atoms with Gasteiger partial charge in [0, 0.05) is 66.8 Å². The number of nitrogens with two attached hydrogens (primary N) is 1. The lowest BCUT2D eigenvalue weighted by Crippen LogP contribution is -2.62. The molecule has 0 saturated carbocycles. The summed E-state index contributed by atoms with van der Waals surface area (Å²) in [5.74, 6) is -20.7.